The minimum atomic E-state index is -0.433. The van der Waals surface area contributed by atoms with Crippen LogP contribution in [0.3, 0.4) is 0 Å². The molecule has 3 aromatic carbocycles. The van der Waals surface area contributed by atoms with Gasteiger partial charge < -0.3 is 9.88 Å². The summed E-state index contributed by atoms with van der Waals surface area (Å²) < 4.78 is 15.2. The van der Waals surface area contributed by atoms with Gasteiger partial charge >= 0.3 is 0 Å². The van der Waals surface area contributed by atoms with Crippen molar-refractivity contribution in [3.8, 4) is 0 Å². The minimum absolute atomic E-state index is 0.146. The molecular formula is C29H28FN7O. The molecule has 0 bridgehead atoms. The van der Waals surface area contributed by atoms with E-state index in [1.165, 1.54) is 12.1 Å². The molecule has 0 aliphatic carbocycles. The third kappa shape index (κ3) is 4.68. The first-order valence-corrected chi connectivity index (χ1v) is 12.7. The highest BCUT2D eigenvalue weighted by Crippen LogP contribution is 2.29. The van der Waals surface area contributed by atoms with Crippen LogP contribution in [0.2, 0.25) is 0 Å². The van der Waals surface area contributed by atoms with E-state index >= 15 is 0 Å². The van der Waals surface area contributed by atoms with Crippen LogP contribution in [0.25, 0.3) is 10.9 Å². The Morgan fingerprint density at radius 3 is 2.47 bits per heavy atom. The highest BCUT2D eigenvalue weighted by Gasteiger charge is 2.33. The Kier molecular flexibility index (Phi) is 6.43. The first kappa shape index (κ1) is 24.0. The lowest BCUT2D eigenvalue weighted by molar-refractivity contribution is 0.200. The van der Waals surface area contributed by atoms with Gasteiger partial charge in [-0.3, -0.25) is 9.69 Å². The quantitative estimate of drug-likeness (QED) is 0.374. The van der Waals surface area contributed by atoms with Gasteiger partial charge in [0, 0.05) is 37.4 Å². The highest BCUT2D eigenvalue weighted by molar-refractivity contribution is 5.82. The Morgan fingerprint density at radius 1 is 0.947 bits per heavy atom. The Bertz CT molecular complexity index is 1610. The Morgan fingerprint density at radius 2 is 1.71 bits per heavy atom. The topological polar surface area (TPSA) is 82.9 Å². The summed E-state index contributed by atoms with van der Waals surface area (Å²) in [6.45, 7) is 5.32. The molecule has 0 amide bonds. The number of benzene rings is 3. The zero-order valence-electron chi connectivity index (χ0n) is 21.1. The van der Waals surface area contributed by atoms with Gasteiger partial charge in [0.05, 0.1) is 12.1 Å². The SMILES string of the molecule is Cc1cccc2cc([C@H](c3nnnn3Cc3ccccc3)N3CCN(c4ccc(F)cc4)CC3)c(=O)[nH]c12. The van der Waals surface area contributed by atoms with E-state index in [2.05, 4.69) is 30.3 Å². The number of tetrazole rings is 1. The first-order valence-electron chi connectivity index (χ1n) is 12.7. The van der Waals surface area contributed by atoms with E-state index in [-0.39, 0.29) is 11.4 Å². The van der Waals surface area contributed by atoms with Crippen LogP contribution in [0.5, 0.6) is 0 Å². The number of nitrogens with zero attached hydrogens (tertiary/aromatic N) is 6. The summed E-state index contributed by atoms with van der Waals surface area (Å²) in [5, 5.41) is 13.7. The van der Waals surface area contributed by atoms with E-state index in [9.17, 15) is 9.18 Å². The number of nitrogens with one attached hydrogen (secondary N) is 1. The predicted molar refractivity (Wildman–Crippen MR) is 145 cm³/mol. The summed E-state index contributed by atoms with van der Waals surface area (Å²) in [5.41, 5.74) is 4.38. The summed E-state index contributed by atoms with van der Waals surface area (Å²) in [7, 11) is 0. The second kappa shape index (κ2) is 10.2. The average Bonchev–Trinajstić information content (AvgIpc) is 3.39. The van der Waals surface area contributed by atoms with Crippen molar-refractivity contribution in [1.82, 2.24) is 30.1 Å². The van der Waals surface area contributed by atoms with E-state index in [1.807, 2.05) is 61.5 Å². The van der Waals surface area contributed by atoms with Gasteiger partial charge in [-0.25, -0.2) is 9.07 Å². The maximum atomic E-state index is 13.5. The molecule has 1 aliphatic heterocycles. The summed E-state index contributed by atoms with van der Waals surface area (Å²) in [6, 6.07) is 24.1. The standard InChI is InChI=1S/C29H28FN7O/c1-20-6-5-9-22-18-25(29(38)31-26(20)22)27(28-32-33-34-37(28)19-21-7-3-2-4-8-21)36-16-14-35(15-17-36)24-12-10-23(30)11-13-24/h2-13,18,27H,14-17,19H2,1H3,(H,31,38)/t27-/m1/s1. The number of rotatable bonds is 6. The fourth-order valence-corrected chi connectivity index (χ4v) is 5.27. The van der Waals surface area contributed by atoms with Crippen LogP contribution in [-0.4, -0.2) is 56.3 Å². The van der Waals surface area contributed by atoms with Crippen LogP contribution in [0, 0.1) is 12.7 Å². The normalized spacial score (nSPS) is 15.2. The van der Waals surface area contributed by atoms with Crippen LogP contribution in [0.4, 0.5) is 10.1 Å². The Hall–Kier alpha value is -4.37. The maximum Gasteiger partial charge on any atom is 0.253 e. The van der Waals surface area contributed by atoms with E-state index in [0.717, 1.165) is 40.8 Å². The predicted octanol–water partition coefficient (Wildman–Crippen LogP) is 3.92. The second-order valence-corrected chi connectivity index (χ2v) is 9.68. The fourth-order valence-electron chi connectivity index (χ4n) is 5.27. The lowest BCUT2D eigenvalue weighted by Crippen LogP contribution is -2.49. The van der Waals surface area contributed by atoms with Gasteiger partial charge in [-0.05, 0) is 64.2 Å². The zero-order valence-corrected chi connectivity index (χ0v) is 21.1. The van der Waals surface area contributed by atoms with E-state index in [0.29, 0.717) is 31.0 Å². The van der Waals surface area contributed by atoms with Crippen molar-refractivity contribution in [2.45, 2.75) is 19.5 Å². The Balaban J connectivity index is 1.38. The summed E-state index contributed by atoms with van der Waals surface area (Å²) >= 11 is 0. The molecular weight excluding hydrogens is 481 g/mol. The van der Waals surface area contributed by atoms with Gasteiger partial charge in [0.15, 0.2) is 5.82 Å². The number of pyridine rings is 1. The maximum absolute atomic E-state index is 13.5. The Labute approximate surface area is 219 Å². The molecule has 0 spiro atoms. The number of anilines is 1. The smallest absolute Gasteiger partial charge is 0.253 e. The molecule has 1 fully saturated rings. The van der Waals surface area contributed by atoms with Crippen molar-refractivity contribution in [3.05, 3.63) is 118 Å². The highest BCUT2D eigenvalue weighted by atomic mass is 19.1. The molecule has 6 rings (SSSR count). The molecule has 38 heavy (non-hydrogen) atoms. The number of H-pyrrole nitrogens is 1. The molecule has 9 heteroatoms. The number of fused-ring (bicyclic) bond motifs is 1. The largest absolute Gasteiger partial charge is 0.369 e. The van der Waals surface area contributed by atoms with Gasteiger partial charge in [0.1, 0.15) is 11.9 Å². The number of hydrogen-bond donors (Lipinski definition) is 1. The molecule has 1 atom stereocenters. The first-order chi connectivity index (χ1) is 18.6. The van der Waals surface area contributed by atoms with Crippen molar-refractivity contribution >= 4 is 16.6 Å². The van der Waals surface area contributed by atoms with Crippen LogP contribution in [0.1, 0.15) is 28.6 Å². The molecule has 1 aliphatic rings. The molecule has 0 saturated carbocycles. The molecule has 2 aromatic heterocycles. The summed E-state index contributed by atoms with van der Waals surface area (Å²) in [6.07, 6.45) is 0. The molecule has 3 heterocycles. The van der Waals surface area contributed by atoms with Crippen molar-refractivity contribution in [1.29, 1.82) is 0 Å². The van der Waals surface area contributed by atoms with Crippen molar-refractivity contribution in [2.75, 3.05) is 31.1 Å². The van der Waals surface area contributed by atoms with Crippen LogP contribution >= 0.6 is 0 Å². The minimum Gasteiger partial charge on any atom is -0.369 e. The van der Waals surface area contributed by atoms with Gasteiger partial charge in [-0.2, -0.15) is 0 Å². The van der Waals surface area contributed by atoms with E-state index in [4.69, 9.17) is 0 Å². The monoisotopic (exact) mass is 509 g/mol. The number of aromatic amines is 1. The number of hydrogen-bond acceptors (Lipinski definition) is 6. The number of aryl methyl sites for hydroxylation is 1. The number of halogens is 1. The van der Waals surface area contributed by atoms with Crippen molar-refractivity contribution < 1.29 is 4.39 Å². The molecule has 0 unspecified atom stereocenters. The summed E-state index contributed by atoms with van der Waals surface area (Å²) in [4.78, 5) is 21.2. The van der Waals surface area contributed by atoms with Gasteiger partial charge in [0.25, 0.3) is 5.56 Å². The lowest BCUT2D eigenvalue weighted by Gasteiger charge is -2.39. The molecule has 1 N–H and O–H groups in total. The van der Waals surface area contributed by atoms with E-state index in [1.54, 1.807) is 16.8 Å². The number of piperazine rings is 1. The number of para-hydroxylation sites is 1. The van der Waals surface area contributed by atoms with Gasteiger partial charge in [0.2, 0.25) is 0 Å². The van der Waals surface area contributed by atoms with E-state index < -0.39 is 6.04 Å². The number of aromatic nitrogens is 5. The molecule has 0 radical (unpaired) electrons. The van der Waals surface area contributed by atoms with Crippen molar-refractivity contribution in [3.63, 3.8) is 0 Å². The average molecular weight is 510 g/mol. The van der Waals surface area contributed by atoms with Crippen LogP contribution in [-0.2, 0) is 6.54 Å². The van der Waals surface area contributed by atoms with Crippen LogP contribution < -0.4 is 10.5 Å². The zero-order chi connectivity index (χ0) is 26.1. The van der Waals surface area contributed by atoms with Gasteiger partial charge in [-0.1, -0.05) is 48.5 Å². The fraction of sp³-hybridized carbons (Fsp3) is 0.241. The summed E-state index contributed by atoms with van der Waals surface area (Å²) in [5.74, 6) is 0.380. The second-order valence-electron chi connectivity index (χ2n) is 9.68. The lowest BCUT2D eigenvalue weighted by atomic mass is 10.0. The third-order valence-electron chi connectivity index (χ3n) is 7.26. The molecule has 8 nitrogen and oxygen atoms in total. The van der Waals surface area contributed by atoms with Gasteiger partial charge in [-0.15, -0.1) is 5.10 Å². The van der Waals surface area contributed by atoms with Crippen molar-refractivity contribution in [2.24, 2.45) is 0 Å². The molecule has 5 aromatic rings. The molecule has 192 valence electrons. The van der Waals surface area contributed by atoms with Crippen LogP contribution in [0.15, 0.2) is 83.7 Å². The molecule has 1 saturated heterocycles. The third-order valence-corrected chi connectivity index (χ3v) is 7.26.